The highest BCUT2D eigenvalue weighted by atomic mass is 35.5. The molecule has 7 heteroatoms. The van der Waals surface area contributed by atoms with Crippen LogP contribution in [-0.2, 0) is 0 Å². The van der Waals surface area contributed by atoms with Crippen LogP contribution in [0.25, 0.3) is 0 Å². The zero-order valence-electron chi connectivity index (χ0n) is 10.1. The second kappa shape index (κ2) is 5.45. The molecule has 0 spiro atoms. The van der Waals surface area contributed by atoms with Crippen molar-refractivity contribution in [3.8, 4) is 0 Å². The van der Waals surface area contributed by atoms with Crippen molar-refractivity contribution < 1.29 is 9.18 Å². The minimum atomic E-state index is -0.521. The highest BCUT2D eigenvalue weighted by molar-refractivity contribution is 7.10. The molecule has 2 aromatic rings. The molecule has 0 unspecified atom stereocenters. The zero-order chi connectivity index (χ0) is 14.2. The Morgan fingerprint density at radius 2 is 1.95 bits per heavy atom. The summed E-state index contributed by atoms with van der Waals surface area (Å²) in [6, 6.07) is 2.30. The van der Waals surface area contributed by atoms with Crippen LogP contribution in [0.4, 0.5) is 15.1 Å². The molecule has 0 aliphatic rings. The van der Waals surface area contributed by atoms with Gasteiger partial charge in [0.1, 0.15) is 10.8 Å². The van der Waals surface area contributed by atoms with E-state index >= 15 is 0 Å². The van der Waals surface area contributed by atoms with Crippen LogP contribution in [-0.4, -0.2) is 10.2 Å². The van der Waals surface area contributed by atoms with E-state index in [1.807, 2.05) is 0 Å². The maximum atomic E-state index is 13.1. The Bertz CT molecular complexity index is 634. The number of carbonyl (C=O) groups excluding carboxylic acids is 1. The summed E-state index contributed by atoms with van der Waals surface area (Å²) in [6.07, 6.45) is 0. The number of hydrogen-bond donors (Lipinski definition) is 1. The fourth-order valence-corrected chi connectivity index (χ4v) is 3.05. The van der Waals surface area contributed by atoms with Crippen LogP contribution in [0.3, 0.4) is 0 Å². The molecule has 0 radical (unpaired) electrons. The Morgan fingerprint density at radius 1 is 1.37 bits per heavy atom. The minimum Gasteiger partial charge on any atom is -0.343 e. The molecule has 0 aliphatic heterocycles. The van der Waals surface area contributed by atoms with Crippen molar-refractivity contribution in [2.45, 2.75) is 13.8 Å². The van der Waals surface area contributed by atoms with Gasteiger partial charge in [0.15, 0.2) is 5.78 Å². The fraction of sp³-hybridized carbons (Fsp3) is 0.167. The van der Waals surface area contributed by atoms with Crippen LogP contribution in [0.2, 0.25) is 10.0 Å². The van der Waals surface area contributed by atoms with Gasteiger partial charge in [-0.25, -0.2) is 4.39 Å². The third kappa shape index (κ3) is 2.88. The Labute approximate surface area is 123 Å². The Balaban J connectivity index is 2.45. The number of aromatic nitrogens is 1. The summed E-state index contributed by atoms with van der Waals surface area (Å²) in [5.41, 5.74) is 1.48. The molecule has 3 nitrogen and oxygen atoms in total. The van der Waals surface area contributed by atoms with Gasteiger partial charge in [-0.05, 0) is 37.5 Å². The molecule has 0 fully saturated rings. The van der Waals surface area contributed by atoms with Crippen molar-refractivity contribution in [2.24, 2.45) is 0 Å². The van der Waals surface area contributed by atoms with Crippen molar-refractivity contribution in [2.75, 3.05) is 5.32 Å². The molecule has 0 amide bonds. The summed E-state index contributed by atoms with van der Waals surface area (Å²) >= 11 is 13.0. The molecule has 0 aliphatic carbocycles. The van der Waals surface area contributed by atoms with Crippen molar-refractivity contribution in [1.29, 1.82) is 0 Å². The third-order valence-electron chi connectivity index (χ3n) is 2.46. The lowest BCUT2D eigenvalue weighted by atomic mass is 10.2. The predicted molar refractivity (Wildman–Crippen MR) is 76.6 cm³/mol. The normalized spacial score (nSPS) is 10.6. The van der Waals surface area contributed by atoms with Gasteiger partial charge in [-0.2, -0.15) is 4.37 Å². The molecule has 0 saturated heterocycles. The quantitative estimate of drug-likeness (QED) is 0.823. The standard InChI is InChI=1S/C12H9Cl2FN2OS/c1-5-10(6(2)18)12(19-17-5)16-11-8(13)3-7(15)4-9(11)14/h3-4,16H,1-2H3. The van der Waals surface area contributed by atoms with Crippen LogP contribution in [0, 0.1) is 12.7 Å². The van der Waals surface area contributed by atoms with E-state index in [1.165, 1.54) is 6.92 Å². The molecule has 1 N–H and O–H groups in total. The zero-order valence-corrected chi connectivity index (χ0v) is 12.4. The summed E-state index contributed by atoms with van der Waals surface area (Å²) in [4.78, 5) is 11.6. The molecule has 100 valence electrons. The number of rotatable bonds is 3. The lowest BCUT2D eigenvalue weighted by Gasteiger charge is -2.09. The van der Waals surface area contributed by atoms with Gasteiger partial charge >= 0.3 is 0 Å². The van der Waals surface area contributed by atoms with E-state index in [4.69, 9.17) is 23.2 Å². The predicted octanol–water partition coefficient (Wildman–Crippen LogP) is 4.84. The number of carbonyl (C=O) groups is 1. The van der Waals surface area contributed by atoms with E-state index in [9.17, 15) is 9.18 Å². The molecule has 0 saturated carbocycles. The number of benzene rings is 1. The number of nitrogens with zero attached hydrogens (tertiary/aromatic N) is 1. The molecule has 0 atom stereocenters. The first-order valence-corrected chi connectivity index (χ1v) is 6.82. The van der Waals surface area contributed by atoms with Gasteiger partial charge in [0, 0.05) is 0 Å². The lowest BCUT2D eigenvalue weighted by molar-refractivity contribution is 0.101. The van der Waals surface area contributed by atoms with Crippen molar-refractivity contribution in [3.05, 3.63) is 39.3 Å². The molecule has 0 bridgehead atoms. The first-order chi connectivity index (χ1) is 8.90. The van der Waals surface area contributed by atoms with Crippen molar-refractivity contribution in [3.63, 3.8) is 0 Å². The summed E-state index contributed by atoms with van der Waals surface area (Å²) in [5, 5.41) is 3.77. The van der Waals surface area contributed by atoms with Gasteiger partial charge in [0.05, 0.1) is 27.0 Å². The molecule has 2 rings (SSSR count). The third-order valence-corrected chi connectivity index (χ3v) is 3.91. The van der Waals surface area contributed by atoms with Gasteiger partial charge in [-0.15, -0.1) is 0 Å². The first-order valence-electron chi connectivity index (χ1n) is 5.29. The molecule has 1 aromatic carbocycles. The highest BCUT2D eigenvalue weighted by Gasteiger charge is 2.17. The Hall–Kier alpha value is -1.17. The second-order valence-electron chi connectivity index (χ2n) is 3.90. The average Bonchev–Trinajstić information content (AvgIpc) is 2.64. The number of halogens is 3. The molecule has 1 heterocycles. The number of nitrogens with one attached hydrogen (secondary N) is 1. The van der Waals surface area contributed by atoms with Crippen LogP contribution in [0.15, 0.2) is 12.1 Å². The SMILES string of the molecule is CC(=O)c1c(C)nsc1Nc1c(Cl)cc(F)cc1Cl. The number of anilines is 2. The van der Waals surface area contributed by atoms with Crippen LogP contribution >= 0.6 is 34.7 Å². The molecule has 1 aromatic heterocycles. The van der Waals surface area contributed by atoms with Crippen LogP contribution < -0.4 is 5.32 Å². The number of hydrogen-bond acceptors (Lipinski definition) is 4. The van der Waals surface area contributed by atoms with E-state index < -0.39 is 5.82 Å². The number of aryl methyl sites for hydroxylation is 1. The van der Waals surface area contributed by atoms with Crippen molar-refractivity contribution >= 4 is 51.2 Å². The lowest BCUT2D eigenvalue weighted by Crippen LogP contribution is -1.99. The summed E-state index contributed by atoms with van der Waals surface area (Å²) < 4.78 is 17.2. The maximum absolute atomic E-state index is 13.1. The van der Waals surface area contributed by atoms with Crippen LogP contribution in [0.1, 0.15) is 23.0 Å². The highest BCUT2D eigenvalue weighted by Crippen LogP contribution is 2.36. The average molecular weight is 319 g/mol. The summed E-state index contributed by atoms with van der Waals surface area (Å²) in [7, 11) is 0. The van der Waals surface area contributed by atoms with Crippen LogP contribution in [0.5, 0.6) is 0 Å². The van der Waals surface area contributed by atoms with Gasteiger partial charge in [0.2, 0.25) is 0 Å². The topological polar surface area (TPSA) is 42.0 Å². The summed E-state index contributed by atoms with van der Waals surface area (Å²) in [5.74, 6) is -0.629. The van der Waals surface area contributed by atoms with Gasteiger partial charge < -0.3 is 5.32 Å². The number of ketones is 1. The van der Waals surface area contributed by atoms with E-state index in [0.29, 0.717) is 21.9 Å². The van der Waals surface area contributed by atoms with E-state index in [1.54, 1.807) is 6.92 Å². The molecule has 19 heavy (non-hydrogen) atoms. The maximum Gasteiger partial charge on any atom is 0.164 e. The summed E-state index contributed by atoms with van der Waals surface area (Å²) in [6.45, 7) is 3.20. The Kier molecular flexibility index (Phi) is 4.08. The second-order valence-corrected chi connectivity index (χ2v) is 5.49. The van der Waals surface area contributed by atoms with Gasteiger partial charge in [-0.3, -0.25) is 4.79 Å². The van der Waals surface area contributed by atoms with Crippen molar-refractivity contribution in [1.82, 2.24) is 4.37 Å². The van der Waals surface area contributed by atoms with Gasteiger partial charge in [-0.1, -0.05) is 23.2 Å². The Morgan fingerprint density at radius 3 is 2.47 bits per heavy atom. The van der Waals surface area contributed by atoms with E-state index in [2.05, 4.69) is 9.69 Å². The monoisotopic (exact) mass is 318 g/mol. The largest absolute Gasteiger partial charge is 0.343 e. The smallest absolute Gasteiger partial charge is 0.164 e. The van der Waals surface area contributed by atoms with E-state index in [0.717, 1.165) is 23.7 Å². The minimum absolute atomic E-state index is 0.108. The first kappa shape index (κ1) is 14.2. The molecular formula is C12H9Cl2FN2OS. The molecular weight excluding hydrogens is 310 g/mol. The number of Topliss-reactive ketones (excluding diaryl/α,β-unsaturated/α-hetero) is 1. The fourth-order valence-electron chi connectivity index (χ4n) is 1.64. The van der Waals surface area contributed by atoms with Gasteiger partial charge in [0.25, 0.3) is 0 Å². The van der Waals surface area contributed by atoms with E-state index in [-0.39, 0.29) is 15.8 Å².